The molecule has 2 amide bonds. The zero-order chi connectivity index (χ0) is 18.0. The molecule has 1 aromatic heterocycles. The first-order chi connectivity index (χ1) is 12.8. The number of nitrogens with one attached hydrogen (secondary N) is 2. The Hall–Kier alpha value is -2.44. The summed E-state index contributed by atoms with van der Waals surface area (Å²) in [6.07, 6.45) is 7.07. The van der Waals surface area contributed by atoms with E-state index in [0.29, 0.717) is 19.8 Å². The molecule has 138 valence electrons. The number of aromatic nitrogens is 1. The highest BCUT2D eigenvalue weighted by molar-refractivity contribution is 5.89. The zero-order valence-electron chi connectivity index (χ0n) is 14.8. The van der Waals surface area contributed by atoms with E-state index >= 15 is 0 Å². The first kappa shape index (κ1) is 18.4. The summed E-state index contributed by atoms with van der Waals surface area (Å²) in [4.78, 5) is 16.1. The van der Waals surface area contributed by atoms with Crippen LogP contribution in [0.25, 0.3) is 0 Å². The van der Waals surface area contributed by atoms with Crippen molar-refractivity contribution < 1.29 is 14.3 Å². The molecule has 2 N–H and O–H groups in total. The molecule has 0 bridgehead atoms. The highest BCUT2D eigenvalue weighted by Gasteiger charge is 2.13. The van der Waals surface area contributed by atoms with Gasteiger partial charge in [-0.2, -0.15) is 0 Å². The third-order valence-electron chi connectivity index (χ3n) is 4.21. The molecule has 0 aliphatic carbocycles. The number of benzene rings is 1. The van der Waals surface area contributed by atoms with Gasteiger partial charge in [0.25, 0.3) is 0 Å². The van der Waals surface area contributed by atoms with E-state index in [1.54, 1.807) is 12.4 Å². The van der Waals surface area contributed by atoms with Crippen molar-refractivity contribution in [3.8, 4) is 0 Å². The van der Waals surface area contributed by atoms with Gasteiger partial charge in [0.05, 0.1) is 19.3 Å². The normalized spacial score (nSPS) is 16.8. The van der Waals surface area contributed by atoms with Crippen LogP contribution in [0.15, 0.2) is 48.8 Å². The molecule has 0 spiro atoms. The number of nitrogens with zero attached hydrogens (tertiary/aromatic N) is 1. The van der Waals surface area contributed by atoms with Gasteiger partial charge >= 0.3 is 6.03 Å². The molecule has 0 radical (unpaired) electrons. The van der Waals surface area contributed by atoms with E-state index < -0.39 is 0 Å². The number of anilines is 1. The number of hydrogen-bond acceptors (Lipinski definition) is 4. The number of ether oxygens (including phenoxy) is 2. The topological polar surface area (TPSA) is 72.5 Å². The summed E-state index contributed by atoms with van der Waals surface area (Å²) >= 11 is 0. The molecule has 1 aliphatic heterocycles. The molecule has 1 atom stereocenters. The van der Waals surface area contributed by atoms with Crippen molar-refractivity contribution in [2.45, 2.75) is 38.5 Å². The number of amides is 2. The van der Waals surface area contributed by atoms with Crippen molar-refractivity contribution in [1.29, 1.82) is 0 Å². The first-order valence-corrected chi connectivity index (χ1v) is 9.01. The fraction of sp³-hybridized carbons (Fsp3) is 0.400. The summed E-state index contributed by atoms with van der Waals surface area (Å²) in [6, 6.07) is 11.2. The first-order valence-electron chi connectivity index (χ1n) is 9.01. The molecule has 26 heavy (non-hydrogen) atoms. The van der Waals surface area contributed by atoms with E-state index in [2.05, 4.69) is 15.6 Å². The Bertz CT molecular complexity index is 688. The highest BCUT2D eigenvalue weighted by atomic mass is 16.5. The number of urea groups is 1. The number of hydrogen-bond donors (Lipinski definition) is 2. The Kier molecular flexibility index (Phi) is 6.98. The number of carbonyl (C=O) groups excluding carboxylic acids is 1. The van der Waals surface area contributed by atoms with Crippen LogP contribution in [0.1, 0.15) is 30.4 Å². The van der Waals surface area contributed by atoms with E-state index in [1.165, 1.54) is 6.42 Å². The molecule has 1 saturated heterocycles. The van der Waals surface area contributed by atoms with E-state index in [0.717, 1.165) is 36.3 Å². The second-order valence-corrected chi connectivity index (χ2v) is 6.37. The lowest BCUT2D eigenvalue weighted by Gasteiger charge is -2.22. The van der Waals surface area contributed by atoms with Gasteiger partial charge in [0, 0.05) is 31.2 Å². The monoisotopic (exact) mass is 355 g/mol. The number of pyridine rings is 1. The summed E-state index contributed by atoms with van der Waals surface area (Å²) in [5.74, 6) is 0. The van der Waals surface area contributed by atoms with Crippen LogP contribution in [-0.4, -0.2) is 30.3 Å². The van der Waals surface area contributed by atoms with Gasteiger partial charge in [-0.15, -0.1) is 0 Å². The smallest absolute Gasteiger partial charge is 0.319 e. The lowest BCUT2D eigenvalue weighted by Crippen LogP contribution is -2.28. The van der Waals surface area contributed by atoms with Crippen LogP contribution in [0, 0.1) is 0 Å². The van der Waals surface area contributed by atoms with Crippen molar-refractivity contribution in [2.24, 2.45) is 0 Å². The minimum absolute atomic E-state index is 0.211. The zero-order valence-corrected chi connectivity index (χ0v) is 14.8. The molecular weight excluding hydrogens is 330 g/mol. The predicted molar refractivity (Wildman–Crippen MR) is 99.8 cm³/mol. The summed E-state index contributed by atoms with van der Waals surface area (Å²) in [6.45, 7) is 2.39. The van der Waals surface area contributed by atoms with Crippen LogP contribution < -0.4 is 10.6 Å². The SMILES string of the molecule is O=C(NCc1cccnc1)Nc1cccc(COC[C@H]2CCCCO2)c1. The van der Waals surface area contributed by atoms with Gasteiger partial charge in [0.15, 0.2) is 0 Å². The second kappa shape index (κ2) is 9.89. The molecule has 3 rings (SSSR count). The van der Waals surface area contributed by atoms with Crippen LogP contribution in [0.3, 0.4) is 0 Å². The standard InChI is InChI=1S/C20H25N3O3/c24-20(22-13-17-6-4-9-21-12-17)23-18-7-3-5-16(11-18)14-25-15-19-8-1-2-10-26-19/h3-7,9,11-12,19H,1-2,8,10,13-15H2,(H2,22,23,24)/t19-/m1/s1. The molecule has 2 aromatic rings. The molecule has 1 aliphatic rings. The molecule has 0 saturated carbocycles. The maximum Gasteiger partial charge on any atom is 0.319 e. The van der Waals surface area contributed by atoms with Gasteiger partial charge in [0.1, 0.15) is 0 Å². The Labute approximate surface area is 153 Å². The Balaban J connectivity index is 1.42. The summed E-state index contributed by atoms with van der Waals surface area (Å²) in [7, 11) is 0. The van der Waals surface area contributed by atoms with Crippen LogP contribution >= 0.6 is 0 Å². The van der Waals surface area contributed by atoms with Crippen molar-refractivity contribution in [2.75, 3.05) is 18.5 Å². The fourth-order valence-corrected chi connectivity index (χ4v) is 2.85. The summed E-state index contributed by atoms with van der Waals surface area (Å²) in [5, 5.41) is 5.66. The average Bonchev–Trinajstić information content (AvgIpc) is 2.68. The number of rotatable bonds is 7. The Morgan fingerprint density at radius 3 is 2.96 bits per heavy atom. The summed E-state index contributed by atoms with van der Waals surface area (Å²) in [5.41, 5.74) is 2.71. The molecule has 6 nitrogen and oxygen atoms in total. The Morgan fingerprint density at radius 1 is 1.23 bits per heavy atom. The van der Waals surface area contributed by atoms with Crippen LogP contribution in [0.4, 0.5) is 10.5 Å². The van der Waals surface area contributed by atoms with E-state index in [9.17, 15) is 4.79 Å². The molecule has 1 fully saturated rings. The van der Waals surface area contributed by atoms with Gasteiger partial charge in [0.2, 0.25) is 0 Å². The van der Waals surface area contributed by atoms with E-state index in [1.807, 2.05) is 36.4 Å². The molecule has 6 heteroatoms. The van der Waals surface area contributed by atoms with E-state index in [4.69, 9.17) is 9.47 Å². The lowest BCUT2D eigenvalue weighted by atomic mass is 10.1. The van der Waals surface area contributed by atoms with Crippen molar-refractivity contribution in [1.82, 2.24) is 10.3 Å². The van der Waals surface area contributed by atoms with Crippen molar-refractivity contribution in [3.63, 3.8) is 0 Å². The lowest BCUT2D eigenvalue weighted by molar-refractivity contribution is -0.0447. The maximum atomic E-state index is 12.0. The van der Waals surface area contributed by atoms with Crippen molar-refractivity contribution >= 4 is 11.7 Å². The van der Waals surface area contributed by atoms with Gasteiger partial charge < -0.3 is 20.1 Å². The molecular formula is C20H25N3O3. The summed E-state index contributed by atoms with van der Waals surface area (Å²) < 4.78 is 11.4. The minimum atomic E-state index is -0.248. The quantitative estimate of drug-likeness (QED) is 0.797. The van der Waals surface area contributed by atoms with E-state index in [-0.39, 0.29) is 12.1 Å². The minimum Gasteiger partial charge on any atom is -0.376 e. The van der Waals surface area contributed by atoms with Gasteiger partial charge in [-0.1, -0.05) is 18.2 Å². The highest BCUT2D eigenvalue weighted by Crippen LogP contribution is 2.15. The van der Waals surface area contributed by atoms with Gasteiger partial charge in [-0.25, -0.2) is 4.79 Å². The van der Waals surface area contributed by atoms with Crippen molar-refractivity contribution in [3.05, 3.63) is 59.9 Å². The fourth-order valence-electron chi connectivity index (χ4n) is 2.85. The third kappa shape index (κ3) is 6.13. The van der Waals surface area contributed by atoms with Gasteiger partial charge in [-0.05, 0) is 48.6 Å². The Morgan fingerprint density at radius 2 is 2.15 bits per heavy atom. The second-order valence-electron chi connectivity index (χ2n) is 6.37. The van der Waals surface area contributed by atoms with Gasteiger partial charge in [-0.3, -0.25) is 4.98 Å². The van der Waals surface area contributed by atoms with Crippen LogP contribution in [-0.2, 0) is 22.6 Å². The molecule has 0 unspecified atom stereocenters. The molecule has 1 aromatic carbocycles. The van der Waals surface area contributed by atoms with Crippen LogP contribution in [0.2, 0.25) is 0 Å². The number of carbonyl (C=O) groups is 1. The predicted octanol–water partition coefficient (Wildman–Crippen LogP) is 3.49. The largest absolute Gasteiger partial charge is 0.376 e. The third-order valence-corrected chi connectivity index (χ3v) is 4.21. The average molecular weight is 355 g/mol. The molecule has 2 heterocycles. The van der Waals surface area contributed by atoms with Crippen LogP contribution in [0.5, 0.6) is 0 Å². The maximum absolute atomic E-state index is 12.0.